The van der Waals surface area contributed by atoms with Gasteiger partial charge < -0.3 is 19.9 Å². The van der Waals surface area contributed by atoms with Crippen LogP contribution in [-0.4, -0.2) is 68.2 Å². The number of benzene rings is 1. The SMILES string of the molecule is CN(C)C(=O)C1CN(C(=O)NCC2(c3cccc(F)c3)CCCC2)CCO1. The van der Waals surface area contributed by atoms with Crippen molar-refractivity contribution in [2.45, 2.75) is 37.2 Å². The monoisotopic (exact) mass is 377 g/mol. The van der Waals surface area contributed by atoms with E-state index < -0.39 is 6.10 Å². The largest absolute Gasteiger partial charge is 0.365 e. The van der Waals surface area contributed by atoms with Gasteiger partial charge in [-0.3, -0.25) is 4.79 Å². The van der Waals surface area contributed by atoms with Crippen molar-refractivity contribution in [1.82, 2.24) is 15.1 Å². The molecule has 1 aromatic carbocycles. The molecule has 27 heavy (non-hydrogen) atoms. The van der Waals surface area contributed by atoms with Crippen LogP contribution in [0.1, 0.15) is 31.2 Å². The van der Waals surface area contributed by atoms with Crippen LogP contribution in [0.15, 0.2) is 24.3 Å². The Kier molecular flexibility index (Phi) is 5.99. The first kappa shape index (κ1) is 19.6. The summed E-state index contributed by atoms with van der Waals surface area (Å²) in [6.07, 6.45) is 3.39. The van der Waals surface area contributed by atoms with E-state index in [4.69, 9.17) is 4.74 Å². The van der Waals surface area contributed by atoms with E-state index in [-0.39, 0.29) is 29.7 Å². The van der Waals surface area contributed by atoms with Crippen LogP contribution in [0.5, 0.6) is 0 Å². The van der Waals surface area contributed by atoms with Crippen molar-refractivity contribution in [2.24, 2.45) is 0 Å². The minimum absolute atomic E-state index is 0.139. The lowest BCUT2D eigenvalue weighted by molar-refractivity contribution is -0.145. The number of halogens is 1. The molecule has 0 aromatic heterocycles. The molecule has 7 heteroatoms. The van der Waals surface area contributed by atoms with Crippen LogP contribution in [0.3, 0.4) is 0 Å². The van der Waals surface area contributed by atoms with Gasteiger partial charge in [0, 0.05) is 32.6 Å². The molecular weight excluding hydrogens is 349 g/mol. The number of hydrogen-bond donors (Lipinski definition) is 1. The molecule has 1 saturated carbocycles. The number of carbonyl (C=O) groups is 2. The Balaban J connectivity index is 1.64. The van der Waals surface area contributed by atoms with E-state index in [1.54, 1.807) is 31.1 Å². The first-order chi connectivity index (χ1) is 12.9. The molecule has 1 aliphatic carbocycles. The van der Waals surface area contributed by atoms with E-state index in [1.165, 1.54) is 11.0 Å². The Morgan fingerprint density at radius 3 is 2.74 bits per heavy atom. The summed E-state index contributed by atoms with van der Waals surface area (Å²) in [5.74, 6) is -0.386. The molecule has 0 radical (unpaired) electrons. The third-order valence-electron chi connectivity index (χ3n) is 5.65. The third-order valence-corrected chi connectivity index (χ3v) is 5.65. The van der Waals surface area contributed by atoms with Gasteiger partial charge in [-0.15, -0.1) is 0 Å². The number of likely N-dealkylation sites (N-methyl/N-ethyl adjacent to an activating group) is 1. The van der Waals surface area contributed by atoms with E-state index in [1.807, 2.05) is 6.07 Å². The number of rotatable bonds is 4. The van der Waals surface area contributed by atoms with Gasteiger partial charge in [0.05, 0.1) is 13.2 Å². The predicted octanol–water partition coefficient (Wildman–Crippen LogP) is 2.14. The fraction of sp³-hybridized carbons (Fsp3) is 0.600. The molecule has 1 aliphatic heterocycles. The summed E-state index contributed by atoms with van der Waals surface area (Å²) in [6.45, 7) is 1.51. The molecule has 3 rings (SSSR count). The average molecular weight is 377 g/mol. The second kappa shape index (κ2) is 8.25. The summed E-state index contributed by atoms with van der Waals surface area (Å²) in [4.78, 5) is 27.9. The second-order valence-corrected chi connectivity index (χ2v) is 7.69. The van der Waals surface area contributed by atoms with Crippen LogP contribution >= 0.6 is 0 Å². The minimum atomic E-state index is -0.622. The van der Waals surface area contributed by atoms with Crippen LogP contribution in [0.25, 0.3) is 0 Å². The van der Waals surface area contributed by atoms with Crippen molar-refractivity contribution in [1.29, 1.82) is 0 Å². The standard InChI is InChI=1S/C20H28FN3O3/c1-23(2)18(25)17-13-24(10-11-27-17)19(26)22-14-20(8-3-4-9-20)15-6-5-7-16(21)12-15/h5-7,12,17H,3-4,8-11,13-14H2,1-2H3,(H,22,26). The zero-order chi connectivity index (χ0) is 19.4. The van der Waals surface area contributed by atoms with Crippen LogP contribution in [0, 0.1) is 5.82 Å². The number of hydrogen-bond acceptors (Lipinski definition) is 3. The van der Waals surface area contributed by atoms with E-state index in [2.05, 4.69) is 5.32 Å². The number of nitrogens with zero attached hydrogens (tertiary/aromatic N) is 2. The minimum Gasteiger partial charge on any atom is -0.365 e. The normalized spacial score (nSPS) is 21.7. The van der Waals surface area contributed by atoms with Gasteiger partial charge in [-0.1, -0.05) is 25.0 Å². The van der Waals surface area contributed by atoms with E-state index in [0.29, 0.717) is 19.7 Å². The molecule has 3 amide bonds. The van der Waals surface area contributed by atoms with Gasteiger partial charge in [-0.25, -0.2) is 9.18 Å². The topological polar surface area (TPSA) is 61.9 Å². The van der Waals surface area contributed by atoms with E-state index in [9.17, 15) is 14.0 Å². The maximum Gasteiger partial charge on any atom is 0.317 e. The van der Waals surface area contributed by atoms with Crippen LogP contribution in [0.4, 0.5) is 9.18 Å². The zero-order valence-corrected chi connectivity index (χ0v) is 16.0. The van der Waals surface area contributed by atoms with Gasteiger partial charge in [0.25, 0.3) is 5.91 Å². The van der Waals surface area contributed by atoms with Crippen molar-refractivity contribution in [3.05, 3.63) is 35.6 Å². The van der Waals surface area contributed by atoms with Gasteiger partial charge in [0.1, 0.15) is 5.82 Å². The lowest BCUT2D eigenvalue weighted by atomic mass is 9.79. The van der Waals surface area contributed by atoms with E-state index in [0.717, 1.165) is 31.2 Å². The van der Waals surface area contributed by atoms with Crippen molar-refractivity contribution in [2.75, 3.05) is 40.3 Å². The lowest BCUT2D eigenvalue weighted by Gasteiger charge is -2.35. The number of nitrogens with one attached hydrogen (secondary N) is 1. The van der Waals surface area contributed by atoms with Crippen molar-refractivity contribution in [3.63, 3.8) is 0 Å². The number of amides is 3. The molecule has 0 bridgehead atoms. The maximum absolute atomic E-state index is 13.7. The summed E-state index contributed by atoms with van der Waals surface area (Å²) in [5.41, 5.74) is 0.728. The molecule has 1 aromatic rings. The van der Waals surface area contributed by atoms with Gasteiger partial charge in [-0.2, -0.15) is 0 Å². The summed E-state index contributed by atoms with van der Waals surface area (Å²) < 4.78 is 19.2. The molecule has 6 nitrogen and oxygen atoms in total. The number of ether oxygens (including phenoxy) is 1. The zero-order valence-electron chi connectivity index (χ0n) is 16.0. The van der Waals surface area contributed by atoms with Gasteiger partial charge in [0.2, 0.25) is 0 Å². The van der Waals surface area contributed by atoms with Gasteiger partial charge in [0.15, 0.2) is 6.10 Å². The molecule has 1 atom stereocenters. The van der Waals surface area contributed by atoms with Crippen LogP contribution < -0.4 is 5.32 Å². The fourth-order valence-electron chi connectivity index (χ4n) is 4.07. The highest BCUT2D eigenvalue weighted by atomic mass is 19.1. The third kappa shape index (κ3) is 4.40. The maximum atomic E-state index is 13.7. The summed E-state index contributed by atoms with van der Waals surface area (Å²) in [5, 5.41) is 3.03. The molecule has 1 N–H and O–H groups in total. The van der Waals surface area contributed by atoms with Crippen molar-refractivity contribution in [3.8, 4) is 0 Å². The second-order valence-electron chi connectivity index (χ2n) is 7.69. The highest BCUT2D eigenvalue weighted by Crippen LogP contribution is 2.40. The molecule has 2 aliphatic rings. The Labute approximate surface area is 159 Å². The van der Waals surface area contributed by atoms with Crippen molar-refractivity contribution < 1.29 is 18.7 Å². The average Bonchev–Trinajstić information content (AvgIpc) is 3.16. The smallest absolute Gasteiger partial charge is 0.317 e. The molecule has 2 fully saturated rings. The lowest BCUT2D eigenvalue weighted by Crippen LogP contribution is -2.55. The summed E-state index contributed by atoms with van der Waals surface area (Å²) >= 11 is 0. The first-order valence-corrected chi connectivity index (χ1v) is 9.53. The molecule has 148 valence electrons. The summed E-state index contributed by atoms with van der Waals surface area (Å²) in [6, 6.07) is 6.50. The number of urea groups is 1. The quantitative estimate of drug-likeness (QED) is 0.875. The molecule has 1 saturated heterocycles. The predicted molar refractivity (Wildman–Crippen MR) is 100.0 cm³/mol. The molecular formula is C20H28FN3O3. The molecule has 0 spiro atoms. The Morgan fingerprint density at radius 1 is 1.33 bits per heavy atom. The van der Waals surface area contributed by atoms with Crippen molar-refractivity contribution >= 4 is 11.9 Å². The highest BCUT2D eigenvalue weighted by molar-refractivity contribution is 5.82. The first-order valence-electron chi connectivity index (χ1n) is 9.53. The van der Waals surface area contributed by atoms with Crippen LogP contribution in [0.2, 0.25) is 0 Å². The fourth-order valence-corrected chi connectivity index (χ4v) is 4.07. The Hall–Kier alpha value is -2.15. The van der Waals surface area contributed by atoms with E-state index >= 15 is 0 Å². The van der Waals surface area contributed by atoms with Crippen LogP contribution in [-0.2, 0) is 14.9 Å². The van der Waals surface area contributed by atoms with Gasteiger partial charge >= 0.3 is 6.03 Å². The molecule has 1 unspecified atom stereocenters. The summed E-state index contributed by atoms with van der Waals surface area (Å²) in [7, 11) is 3.35. The Bertz CT molecular complexity index is 689. The highest BCUT2D eigenvalue weighted by Gasteiger charge is 2.37. The Morgan fingerprint density at radius 2 is 2.07 bits per heavy atom. The number of carbonyl (C=O) groups excluding carboxylic acids is 2. The van der Waals surface area contributed by atoms with Gasteiger partial charge in [-0.05, 0) is 30.5 Å². The molecule has 1 heterocycles. The number of morpholine rings is 1.